The number of hydrogen-bond donors (Lipinski definition) is 1. The van der Waals surface area contributed by atoms with Crippen molar-refractivity contribution in [1.29, 1.82) is 0 Å². The number of ether oxygens (including phenoxy) is 1. The Morgan fingerprint density at radius 3 is 2.79 bits per heavy atom. The van der Waals surface area contributed by atoms with E-state index in [4.69, 9.17) is 10.5 Å². The molecule has 0 saturated heterocycles. The third-order valence-electron chi connectivity index (χ3n) is 4.62. The number of aryl methyl sites for hydroxylation is 1. The summed E-state index contributed by atoms with van der Waals surface area (Å²) in [4.78, 5) is 20.4. The Labute approximate surface area is 168 Å². The first-order valence-corrected chi connectivity index (χ1v) is 9.44. The standard InChI is InChI=1S/C22H21N5O2/c1-2-9-27-13-16(12-26-27)15-10-19-17(5-3-7-24-19)21(11-15)29-14-20-18(22(23)28)6-4-8-25-20/h3-8,10-13H,2,9,14H2,1H3,(H2,23,28). The van der Waals surface area contributed by atoms with Gasteiger partial charge in [0.1, 0.15) is 12.4 Å². The summed E-state index contributed by atoms with van der Waals surface area (Å²) in [7, 11) is 0. The molecule has 3 aromatic heterocycles. The lowest BCUT2D eigenvalue weighted by molar-refractivity contribution is 0.0997. The van der Waals surface area contributed by atoms with E-state index in [1.807, 2.05) is 41.3 Å². The Morgan fingerprint density at radius 1 is 1.14 bits per heavy atom. The molecule has 146 valence electrons. The molecule has 4 aromatic rings. The first kappa shape index (κ1) is 18.6. The van der Waals surface area contributed by atoms with Gasteiger partial charge in [0, 0.05) is 36.1 Å². The number of aromatic nitrogens is 4. The van der Waals surface area contributed by atoms with Crippen molar-refractivity contribution in [3.8, 4) is 16.9 Å². The van der Waals surface area contributed by atoms with Crippen molar-refractivity contribution < 1.29 is 9.53 Å². The van der Waals surface area contributed by atoms with Crippen LogP contribution in [0.5, 0.6) is 5.75 Å². The first-order valence-electron chi connectivity index (χ1n) is 9.44. The van der Waals surface area contributed by atoms with Gasteiger partial charge in [-0.2, -0.15) is 5.10 Å². The molecule has 1 aromatic carbocycles. The predicted molar refractivity (Wildman–Crippen MR) is 110 cm³/mol. The topological polar surface area (TPSA) is 95.9 Å². The van der Waals surface area contributed by atoms with Gasteiger partial charge in [0.15, 0.2) is 0 Å². The molecule has 0 fully saturated rings. The van der Waals surface area contributed by atoms with Crippen molar-refractivity contribution in [3.05, 3.63) is 72.4 Å². The Balaban J connectivity index is 1.70. The number of carbonyl (C=O) groups is 1. The van der Waals surface area contributed by atoms with Crippen molar-refractivity contribution in [3.63, 3.8) is 0 Å². The number of benzene rings is 1. The van der Waals surface area contributed by atoms with Gasteiger partial charge in [-0.05, 0) is 48.4 Å². The van der Waals surface area contributed by atoms with Crippen LogP contribution in [0.2, 0.25) is 0 Å². The lowest BCUT2D eigenvalue weighted by Gasteiger charge is -2.12. The molecule has 4 rings (SSSR count). The Kier molecular flexibility index (Phi) is 5.20. The highest BCUT2D eigenvalue weighted by Gasteiger charge is 2.13. The number of pyridine rings is 2. The quantitative estimate of drug-likeness (QED) is 0.523. The molecule has 0 radical (unpaired) electrons. The number of nitrogens with two attached hydrogens (primary N) is 1. The van der Waals surface area contributed by atoms with Gasteiger partial charge in [-0.1, -0.05) is 6.92 Å². The van der Waals surface area contributed by atoms with E-state index in [0.29, 0.717) is 17.0 Å². The van der Waals surface area contributed by atoms with Crippen LogP contribution in [0.15, 0.2) is 61.2 Å². The van der Waals surface area contributed by atoms with Crippen molar-refractivity contribution in [2.75, 3.05) is 0 Å². The van der Waals surface area contributed by atoms with Gasteiger partial charge in [-0.3, -0.25) is 19.4 Å². The highest BCUT2D eigenvalue weighted by Crippen LogP contribution is 2.32. The normalized spacial score (nSPS) is 10.9. The van der Waals surface area contributed by atoms with Gasteiger partial charge in [0.05, 0.1) is 23.0 Å². The van der Waals surface area contributed by atoms with E-state index in [0.717, 1.165) is 35.0 Å². The number of rotatable bonds is 7. The third-order valence-corrected chi connectivity index (χ3v) is 4.62. The van der Waals surface area contributed by atoms with Gasteiger partial charge in [0.25, 0.3) is 5.91 Å². The van der Waals surface area contributed by atoms with Crippen LogP contribution in [-0.2, 0) is 13.2 Å². The average molecular weight is 387 g/mol. The largest absolute Gasteiger partial charge is 0.487 e. The molecule has 0 aliphatic carbocycles. The molecule has 29 heavy (non-hydrogen) atoms. The summed E-state index contributed by atoms with van der Waals surface area (Å²) >= 11 is 0. The van der Waals surface area contributed by atoms with Crippen LogP contribution in [-0.4, -0.2) is 25.7 Å². The summed E-state index contributed by atoms with van der Waals surface area (Å²) in [6, 6.07) is 11.1. The minimum absolute atomic E-state index is 0.127. The Morgan fingerprint density at radius 2 is 1.97 bits per heavy atom. The summed E-state index contributed by atoms with van der Waals surface area (Å²) in [5.74, 6) is 0.134. The zero-order valence-electron chi connectivity index (χ0n) is 16.1. The maximum absolute atomic E-state index is 11.6. The maximum atomic E-state index is 11.6. The van der Waals surface area contributed by atoms with Gasteiger partial charge in [0.2, 0.25) is 0 Å². The van der Waals surface area contributed by atoms with E-state index in [2.05, 4.69) is 22.0 Å². The van der Waals surface area contributed by atoms with Crippen LogP contribution in [0.4, 0.5) is 0 Å². The number of amides is 1. The second kappa shape index (κ2) is 8.10. The molecule has 3 heterocycles. The molecule has 2 N–H and O–H groups in total. The molecule has 0 saturated carbocycles. The van der Waals surface area contributed by atoms with Crippen molar-refractivity contribution >= 4 is 16.8 Å². The highest BCUT2D eigenvalue weighted by atomic mass is 16.5. The molecule has 0 aliphatic rings. The van der Waals surface area contributed by atoms with Crippen LogP contribution in [0.3, 0.4) is 0 Å². The fraction of sp³-hybridized carbons (Fsp3) is 0.182. The summed E-state index contributed by atoms with van der Waals surface area (Å²) in [5, 5.41) is 5.29. The summed E-state index contributed by atoms with van der Waals surface area (Å²) in [6.07, 6.45) is 8.24. The summed E-state index contributed by atoms with van der Waals surface area (Å²) in [5.41, 5.74) is 9.07. The maximum Gasteiger partial charge on any atom is 0.250 e. The van der Waals surface area contributed by atoms with Crippen LogP contribution in [0, 0.1) is 0 Å². The smallest absolute Gasteiger partial charge is 0.250 e. The Hall–Kier alpha value is -3.74. The van der Waals surface area contributed by atoms with Gasteiger partial charge in [-0.15, -0.1) is 0 Å². The number of carbonyl (C=O) groups excluding carboxylic acids is 1. The number of fused-ring (bicyclic) bond motifs is 1. The second-order valence-electron chi connectivity index (χ2n) is 6.69. The van der Waals surface area contributed by atoms with E-state index >= 15 is 0 Å². The zero-order chi connectivity index (χ0) is 20.2. The molecule has 0 bridgehead atoms. The molecule has 0 aliphatic heterocycles. The van der Waals surface area contributed by atoms with Gasteiger partial charge >= 0.3 is 0 Å². The van der Waals surface area contributed by atoms with E-state index in [9.17, 15) is 4.79 Å². The summed E-state index contributed by atoms with van der Waals surface area (Å²) < 4.78 is 8.00. The molecule has 0 unspecified atom stereocenters. The molecular weight excluding hydrogens is 366 g/mol. The Bertz CT molecular complexity index is 1170. The van der Waals surface area contributed by atoms with Crippen LogP contribution in [0.25, 0.3) is 22.0 Å². The molecule has 0 spiro atoms. The number of nitrogens with zero attached hydrogens (tertiary/aromatic N) is 4. The van der Waals surface area contributed by atoms with Crippen LogP contribution in [0.1, 0.15) is 29.4 Å². The minimum atomic E-state index is -0.527. The van der Waals surface area contributed by atoms with Gasteiger partial charge in [-0.25, -0.2) is 0 Å². The highest BCUT2D eigenvalue weighted by molar-refractivity contribution is 5.94. The first-order chi connectivity index (χ1) is 14.2. The molecular formula is C22H21N5O2. The van der Waals surface area contributed by atoms with Crippen molar-refractivity contribution in [2.24, 2.45) is 5.73 Å². The molecule has 0 atom stereocenters. The second-order valence-corrected chi connectivity index (χ2v) is 6.69. The molecule has 7 nitrogen and oxygen atoms in total. The van der Waals surface area contributed by atoms with Crippen LogP contribution >= 0.6 is 0 Å². The zero-order valence-corrected chi connectivity index (χ0v) is 16.1. The van der Waals surface area contributed by atoms with E-state index in [1.54, 1.807) is 24.5 Å². The fourth-order valence-electron chi connectivity index (χ4n) is 3.22. The average Bonchev–Trinajstić information content (AvgIpc) is 3.21. The third kappa shape index (κ3) is 3.94. The van der Waals surface area contributed by atoms with Crippen LogP contribution < -0.4 is 10.5 Å². The minimum Gasteiger partial charge on any atom is -0.487 e. The molecule has 1 amide bonds. The van der Waals surface area contributed by atoms with Gasteiger partial charge < -0.3 is 10.5 Å². The number of hydrogen-bond acceptors (Lipinski definition) is 5. The SMILES string of the molecule is CCCn1cc(-c2cc(OCc3ncccc3C(N)=O)c3cccnc3c2)cn1. The molecule has 7 heteroatoms. The van der Waals surface area contributed by atoms with E-state index in [-0.39, 0.29) is 6.61 Å². The lowest BCUT2D eigenvalue weighted by atomic mass is 10.1. The van der Waals surface area contributed by atoms with E-state index in [1.165, 1.54) is 0 Å². The monoisotopic (exact) mass is 387 g/mol. The predicted octanol–water partition coefficient (Wildman–Crippen LogP) is 3.58. The van der Waals surface area contributed by atoms with Crippen molar-refractivity contribution in [1.82, 2.24) is 19.7 Å². The fourth-order valence-corrected chi connectivity index (χ4v) is 3.22. The van der Waals surface area contributed by atoms with Crippen molar-refractivity contribution in [2.45, 2.75) is 26.5 Å². The van der Waals surface area contributed by atoms with E-state index < -0.39 is 5.91 Å². The summed E-state index contributed by atoms with van der Waals surface area (Å²) in [6.45, 7) is 3.11. The lowest BCUT2D eigenvalue weighted by Crippen LogP contribution is -2.15. The number of primary amides is 1.